The van der Waals surface area contributed by atoms with E-state index in [0.717, 1.165) is 0 Å². The summed E-state index contributed by atoms with van der Waals surface area (Å²) in [6, 6.07) is 6.70. The maximum Gasteiger partial charge on any atom is 0.254 e. The molecule has 1 heterocycles. The molecule has 4 nitrogen and oxygen atoms in total. The molecule has 0 spiro atoms. The molecule has 0 aromatic heterocycles. The van der Waals surface area contributed by atoms with Crippen molar-refractivity contribution in [3.8, 4) is 0 Å². The van der Waals surface area contributed by atoms with Crippen molar-refractivity contribution >= 4 is 17.5 Å². The van der Waals surface area contributed by atoms with Crippen molar-refractivity contribution in [2.24, 2.45) is 5.92 Å². The van der Waals surface area contributed by atoms with Crippen LogP contribution in [0.5, 0.6) is 0 Å². The number of rotatable bonds is 4. The molecule has 106 valence electrons. The molecule has 2 amide bonds. The number of hydrogen-bond donors (Lipinski definition) is 1. The van der Waals surface area contributed by atoms with Gasteiger partial charge in [0.2, 0.25) is 5.91 Å². The zero-order valence-electron chi connectivity index (χ0n) is 11.9. The minimum absolute atomic E-state index is 0.0723. The Bertz CT molecular complexity index is 537. The molecule has 0 radical (unpaired) electrons. The summed E-state index contributed by atoms with van der Waals surface area (Å²) in [6.45, 7) is 8.17. The predicted octanol–water partition coefficient (Wildman–Crippen LogP) is 2.36. The summed E-state index contributed by atoms with van der Waals surface area (Å²) >= 11 is 0. The molecule has 0 fully saturated rings. The average Bonchev–Trinajstić information content (AvgIpc) is 2.50. The first-order valence-electron chi connectivity index (χ1n) is 6.86. The van der Waals surface area contributed by atoms with Crippen LogP contribution in [-0.2, 0) is 4.79 Å². The maximum absolute atomic E-state index is 12.6. The van der Waals surface area contributed by atoms with Crippen LogP contribution in [0.3, 0.4) is 0 Å². The fourth-order valence-electron chi connectivity index (χ4n) is 2.45. The van der Waals surface area contributed by atoms with Gasteiger partial charge in [-0.2, -0.15) is 0 Å². The summed E-state index contributed by atoms with van der Waals surface area (Å²) in [5.41, 5.74) is 1.19. The van der Waals surface area contributed by atoms with Crippen LogP contribution in [-0.4, -0.2) is 24.4 Å². The quantitative estimate of drug-likeness (QED) is 0.855. The van der Waals surface area contributed by atoms with Gasteiger partial charge in [0.25, 0.3) is 5.91 Å². The number of hydrogen-bond acceptors (Lipinski definition) is 2. The Kier molecular flexibility index (Phi) is 4.23. The smallest absolute Gasteiger partial charge is 0.254 e. The van der Waals surface area contributed by atoms with Gasteiger partial charge in [-0.15, -0.1) is 6.58 Å². The molecule has 1 aliphatic rings. The largest absolute Gasteiger partial charge is 0.340 e. The lowest BCUT2D eigenvalue weighted by Gasteiger charge is -2.24. The molecule has 1 unspecified atom stereocenters. The zero-order chi connectivity index (χ0) is 14.7. The van der Waals surface area contributed by atoms with Gasteiger partial charge in [-0.1, -0.05) is 32.1 Å². The van der Waals surface area contributed by atoms with Crippen molar-refractivity contribution < 1.29 is 9.59 Å². The summed E-state index contributed by atoms with van der Waals surface area (Å²) in [5, 5.41) is 2.84. The Balaban J connectivity index is 2.44. The highest BCUT2D eigenvalue weighted by Crippen LogP contribution is 2.25. The van der Waals surface area contributed by atoms with E-state index in [0.29, 0.717) is 30.1 Å². The van der Waals surface area contributed by atoms with Gasteiger partial charge in [0.05, 0.1) is 11.3 Å². The van der Waals surface area contributed by atoms with E-state index in [1.54, 1.807) is 29.2 Å². The lowest BCUT2D eigenvalue weighted by Crippen LogP contribution is -2.46. The number of benzene rings is 1. The highest BCUT2D eigenvalue weighted by Gasteiger charge is 2.33. The van der Waals surface area contributed by atoms with Crippen molar-refractivity contribution in [3.63, 3.8) is 0 Å². The Morgan fingerprint density at radius 1 is 1.35 bits per heavy atom. The van der Waals surface area contributed by atoms with Crippen molar-refractivity contribution in [1.29, 1.82) is 0 Å². The number of amides is 2. The van der Waals surface area contributed by atoms with E-state index in [1.807, 2.05) is 19.9 Å². The molecule has 4 heteroatoms. The molecular weight excluding hydrogens is 252 g/mol. The van der Waals surface area contributed by atoms with E-state index in [4.69, 9.17) is 0 Å². The molecule has 1 aromatic carbocycles. The van der Waals surface area contributed by atoms with E-state index in [-0.39, 0.29) is 11.8 Å². The molecule has 1 aromatic rings. The van der Waals surface area contributed by atoms with E-state index in [1.165, 1.54) is 0 Å². The second kappa shape index (κ2) is 5.90. The number of nitrogens with one attached hydrogen (secondary N) is 1. The molecule has 1 N–H and O–H groups in total. The monoisotopic (exact) mass is 272 g/mol. The summed E-state index contributed by atoms with van der Waals surface area (Å²) in [5.74, 6) is 0.0686. The number of carbonyl (C=O) groups excluding carboxylic acids is 2. The fourth-order valence-corrected chi connectivity index (χ4v) is 2.45. The van der Waals surface area contributed by atoms with Gasteiger partial charge in [0.1, 0.15) is 6.04 Å². The SMILES string of the molecule is C=CCN1C(=O)C(CC(C)C)NC(=O)c2ccccc21. The second-order valence-electron chi connectivity index (χ2n) is 5.41. The van der Waals surface area contributed by atoms with Gasteiger partial charge in [0, 0.05) is 6.54 Å². The predicted molar refractivity (Wildman–Crippen MR) is 79.7 cm³/mol. The topological polar surface area (TPSA) is 49.4 Å². The number of carbonyl (C=O) groups is 2. The molecule has 2 rings (SSSR count). The summed E-state index contributed by atoms with van der Waals surface area (Å²) in [6.07, 6.45) is 2.31. The number of anilines is 1. The van der Waals surface area contributed by atoms with Crippen LogP contribution < -0.4 is 10.2 Å². The van der Waals surface area contributed by atoms with E-state index >= 15 is 0 Å². The zero-order valence-corrected chi connectivity index (χ0v) is 11.9. The first-order valence-corrected chi connectivity index (χ1v) is 6.86. The van der Waals surface area contributed by atoms with Crippen molar-refractivity contribution in [2.45, 2.75) is 26.3 Å². The third kappa shape index (κ3) is 2.74. The van der Waals surface area contributed by atoms with E-state index in [2.05, 4.69) is 11.9 Å². The lowest BCUT2D eigenvalue weighted by atomic mass is 10.0. The average molecular weight is 272 g/mol. The van der Waals surface area contributed by atoms with Gasteiger partial charge in [0.15, 0.2) is 0 Å². The van der Waals surface area contributed by atoms with E-state index < -0.39 is 6.04 Å². The van der Waals surface area contributed by atoms with Crippen LogP contribution in [0.15, 0.2) is 36.9 Å². The van der Waals surface area contributed by atoms with Crippen LogP contribution in [0, 0.1) is 5.92 Å². The van der Waals surface area contributed by atoms with Crippen LogP contribution in [0.4, 0.5) is 5.69 Å². The van der Waals surface area contributed by atoms with Gasteiger partial charge >= 0.3 is 0 Å². The van der Waals surface area contributed by atoms with Gasteiger partial charge in [-0.25, -0.2) is 0 Å². The van der Waals surface area contributed by atoms with Crippen molar-refractivity contribution in [3.05, 3.63) is 42.5 Å². The summed E-state index contributed by atoms with van der Waals surface area (Å²) in [7, 11) is 0. The molecule has 0 saturated carbocycles. The maximum atomic E-state index is 12.6. The normalized spacial score (nSPS) is 18.6. The van der Waals surface area contributed by atoms with Crippen LogP contribution in [0.2, 0.25) is 0 Å². The first kappa shape index (κ1) is 14.3. The molecule has 1 atom stereocenters. The third-order valence-corrected chi connectivity index (χ3v) is 3.33. The van der Waals surface area contributed by atoms with Crippen LogP contribution >= 0.6 is 0 Å². The Morgan fingerprint density at radius 3 is 2.70 bits per heavy atom. The molecule has 1 aliphatic heterocycles. The number of nitrogens with zero attached hydrogens (tertiary/aromatic N) is 1. The van der Waals surface area contributed by atoms with Crippen LogP contribution in [0.1, 0.15) is 30.6 Å². The lowest BCUT2D eigenvalue weighted by molar-refractivity contribution is -0.120. The van der Waals surface area contributed by atoms with Gasteiger partial charge in [-0.3, -0.25) is 9.59 Å². The molecule has 20 heavy (non-hydrogen) atoms. The molecular formula is C16H20N2O2. The van der Waals surface area contributed by atoms with Crippen molar-refractivity contribution in [1.82, 2.24) is 5.32 Å². The summed E-state index contributed by atoms with van der Waals surface area (Å²) < 4.78 is 0. The molecule has 0 aliphatic carbocycles. The fraction of sp³-hybridized carbons (Fsp3) is 0.375. The molecule has 0 bridgehead atoms. The second-order valence-corrected chi connectivity index (χ2v) is 5.41. The highest BCUT2D eigenvalue weighted by molar-refractivity contribution is 6.11. The highest BCUT2D eigenvalue weighted by atomic mass is 16.2. The van der Waals surface area contributed by atoms with Crippen molar-refractivity contribution in [2.75, 3.05) is 11.4 Å². The Morgan fingerprint density at radius 2 is 2.05 bits per heavy atom. The third-order valence-electron chi connectivity index (χ3n) is 3.33. The standard InChI is InChI=1S/C16H20N2O2/c1-4-9-18-14-8-6-5-7-12(14)15(19)17-13(16(18)20)10-11(2)3/h4-8,11,13H,1,9-10H2,2-3H3,(H,17,19). The number of fused-ring (bicyclic) bond motifs is 1. The van der Waals surface area contributed by atoms with Gasteiger partial charge < -0.3 is 10.2 Å². The van der Waals surface area contributed by atoms with Gasteiger partial charge in [-0.05, 0) is 24.5 Å². The van der Waals surface area contributed by atoms with E-state index in [9.17, 15) is 9.59 Å². The Labute approximate surface area is 119 Å². The minimum Gasteiger partial charge on any atom is -0.340 e. The summed E-state index contributed by atoms with van der Waals surface area (Å²) in [4.78, 5) is 26.6. The number of para-hydroxylation sites is 1. The molecule has 0 saturated heterocycles. The minimum atomic E-state index is -0.477. The first-order chi connectivity index (χ1) is 9.54. The Hall–Kier alpha value is -2.10. The van der Waals surface area contributed by atoms with Crippen LogP contribution in [0.25, 0.3) is 0 Å².